The molecule has 0 saturated carbocycles. The Morgan fingerprint density at radius 2 is 1.42 bits per heavy atom. The maximum Gasteiger partial charge on any atom is 0.246 e. The predicted octanol–water partition coefficient (Wildman–Crippen LogP) is 4.46. The van der Waals surface area contributed by atoms with E-state index in [2.05, 4.69) is 0 Å². The molecule has 1 aromatic carbocycles. The standard InChI is InChI=1S/C12H16Cl3NO2S/c1-3-5-16(6-4-2)19(17,18)12-10(14)7-9(13)8-11(12)15/h7-8H,3-6H2,1-2H3. The molecule has 3 nitrogen and oxygen atoms in total. The average Bonchev–Trinajstić information content (AvgIpc) is 2.26. The molecule has 0 radical (unpaired) electrons. The van der Waals surface area contributed by atoms with Gasteiger partial charge in [0.15, 0.2) is 0 Å². The third-order valence-electron chi connectivity index (χ3n) is 2.51. The van der Waals surface area contributed by atoms with Crippen LogP contribution in [0, 0.1) is 0 Å². The quantitative estimate of drug-likeness (QED) is 0.764. The Labute approximate surface area is 129 Å². The van der Waals surface area contributed by atoms with E-state index in [1.807, 2.05) is 13.8 Å². The molecule has 0 spiro atoms. The van der Waals surface area contributed by atoms with Crippen LogP contribution >= 0.6 is 34.8 Å². The number of hydrogen-bond donors (Lipinski definition) is 0. The van der Waals surface area contributed by atoms with Crippen LogP contribution in [0.4, 0.5) is 0 Å². The van der Waals surface area contributed by atoms with Gasteiger partial charge in [-0.3, -0.25) is 0 Å². The van der Waals surface area contributed by atoms with Crippen LogP contribution < -0.4 is 0 Å². The molecule has 0 atom stereocenters. The molecule has 0 heterocycles. The van der Waals surface area contributed by atoms with Gasteiger partial charge in [0.05, 0.1) is 10.0 Å². The summed E-state index contributed by atoms with van der Waals surface area (Å²) in [4.78, 5) is -0.0675. The molecule has 1 aromatic rings. The summed E-state index contributed by atoms with van der Waals surface area (Å²) in [5.41, 5.74) is 0. The lowest BCUT2D eigenvalue weighted by Gasteiger charge is -2.22. The van der Waals surface area contributed by atoms with Crippen LogP contribution in [0.25, 0.3) is 0 Å². The summed E-state index contributed by atoms with van der Waals surface area (Å²) in [6.07, 6.45) is 1.45. The van der Waals surface area contributed by atoms with Crippen molar-refractivity contribution < 1.29 is 8.42 Å². The highest BCUT2D eigenvalue weighted by atomic mass is 35.5. The lowest BCUT2D eigenvalue weighted by molar-refractivity contribution is 0.410. The summed E-state index contributed by atoms with van der Waals surface area (Å²) in [5, 5.41) is 0.413. The minimum Gasteiger partial charge on any atom is -0.207 e. The lowest BCUT2D eigenvalue weighted by atomic mass is 10.4. The minimum absolute atomic E-state index is 0.0507. The summed E-state index contributed by atoms with van der Waals surface area (Å²) in [6.45, 7) is 4.71. The van der Waals surface area contributed by atoms with E-state index < -0.39 is 10.0 Å². The van der Waals surface area contributed by atoms with Crippen molar-refractivity contribution in [1.29, 1.82) is 0 Å². The third kappa shape index (κ3) is 3.99. The van der Waals surface area contributed by atoms with Gasteiger partial charge in [-0.05, 0) is 25.0 Å². The van der Waals surface area contributed by atoms with Crippen molar-refractivity contribution in [3.8, 4) is 0 Å². The van der Waals surface area contributed by atoms with Crippen LogP contribution in [-0.4, -0.2) is 25.8 Å². The SMILES string of the molecule is CCCN(CCC)S(=O)(=O)c1c(Cl)cc(Cl)cc1Cl. The van der Waals surface area contributed by atoms with Crippen molar-refractivity contribution >= 4 is 44.8 Å². The van der Waals surface area contributed by atoms with Crippen LogP contribution in [0.1, 0.15) is 26.7 Å². The van der Waals surface area contributed by atoms with Crippen LogP contribution in [0.5, 0.6) is 0 Å². The number of rotatable bonds is 6. The zero-order valence-electron chi connectivity index (χ0n) is 10.8. The van der Waals surface area contributed by atoms with Gasteiger partial charge in [-0.15, -0.1) is 0 Å². The third-order valence-corrected chi connectivity index (χ3v) is 5.55. The van der Waals surface area contributed by atoms with E-state index in [-0.39, 0.29) is 14.9 Å². The first-order chi connectivity index (χ1) is 8.84. The Kier molecular flexibility index (Phi) is 6.40. The molecule has 0 aliphatic heterocycles. The van der Waals surface area contributed by atoms with Gasteiger partial charge in [0.25, 0.3) is 0 Å². The first-order valence-electron chi connectivity index (χ1n) is 5.99. The summed E-state index contributed by atoms with van der Waals surface area (Å²) in [6, 6.07) is 2.77. The van der Waals surface area contributed by atoms with Crippen molar-refractivity contribution in [3.05, 3.63) is 27.2 Å². The highest BCUT2D eigenvalue weighted by Crippen LogP contribution is 2.34. The molecule has 19 heavy (non-hydrogen) atoms. The Balaban J connectivity index is 3.33. The Hall–Kier alpha value is -0.000000000000000111. The molecular weight excluding hydrogens is 329 g/mol. The minimum atomic E-state index is -3.69. The monoisotopic (exact) mass is 343 g/mol. The van der Waals surface area contributed by atoms with Crippen molar-refractivity contribution in [2.75, 3.05) is 13.1 Å². The molecule has 0 aliphatic carbocycles. The summed E-state index contributed by atoms with van der Waals surface area (Å²) < 4.78 is 26.6. The molecule has 0 unspecified atom stereocenters. The molecule has 0 saturated heterocycles. The molecule has 0 aliphatic rings. The molecule has 7 heteroatoms. The molecule has 108 valence electrons. The van der Waals surface area contributed by atoms with E-state index in [9.17, 15) is 8.42 Å². The van der Waals surface area contributed by atoms with Crippen molar-refractivity contribution in [2.24, 2.45) is 0 Å². The van der Waals surface area contributed by atoms with E-state index in [0.717, 1.165) is 12.8 Å². The summed E-state index contributed by atoms with van der Waals surface area (Å²) >= 11 is 17.8. The van der Waals surface area contributed by atoms with E-state index in [0.29, 0.717) is 18.1 Å². The van der Waals surface area contributed by atoms with Gasteiger partial charge in [0.1, 0.15) is 4.90 Å². The fraction of sp³-hybridized carbons (Fsp3) is 0.500. The van der Waals surface area contributed by atoms with E-state index in [1.165, 1.54) is 16.4 Å². The second kappa shape index (κ2) is 7.14. The fourth-order valence-corrected chi connectivity index (χ4v) is 4.87. The largest absolute Gasteiger partial charge is 0.246 e. The normalized spacial score (nSPS) is 12.1. The Bertz CT molecular complexity index is 517. The van der Waals surface area contributed by atoms with Crippen LogP contribution in [0.3, 0.4) is 0 Å². The van der Waals surface area contributed by atoms with E-state index in [1.54, 1.807) is 0 Å². The number of hydrogen-bond acceptors (Lipinski definition) is 2. The second-order valence-corrected chi connectivity index (χ2v) is 7.23. The molecule has 0 fully saturated rings. The van der Waals surface area contributed by atoms with Crippen molar-refractivity contribution in [1.82, 2.24) is 4.31 Å². The highest BCUT2D eigenvalue weighted by molar-refractivity contribution is 7.89. The van der Waals surface area contributed by atoms with Gasteiger partial charge in [-0.2, -0.15) is 4.31 Å². The molecular formula is C12H16Cl3NO2S. The van der Waals surface area contributed by atoms with Gasteiger partial charge in [-0.25, -0.2) is 8.42 Å². The Morgan fingerprint density at radius 1 is 1.00 bits per heavy atom. The van der Waals surface area contributed by atoms with Gasteiger partial charge < -0.3 is 0 Å². The summed E-state index contributed by atoms with van der Waals surface area (Å²) in [7, 11) is -3.69. The fourth-order valence-electron chi connectivity index (χ4n) is 1.76. The van der Waals surface area contributed by atoms with Crippen LogP contribution in [-0.2, 0) is 10.0 Å². The number of sulfonamides is 1. The van der Waals surface area contributed by atoms with Gasteiger partial charge in [0, 0.05) is 18.1 Å². The molecule has 0 amide bonds. The topological polar surface area (TPSA) is 37.4 Å². The average molecular weight is 345 g/mol. The van der Waals surface area contributed by atoms with Crippen LogP contribution in [0.15, 0.2) is 17.0 Å². The maximum atomic E-state index is 12.6. The predicted molar refractivity (Wildman–Crippen MR) is 80.8 cm³/mol. The zero-order valence-corrected chi connectivity index (χ0v) is 13.9. The Morgan fingerprint density at radius 3 is 1.79 bits per heavy atom. The van der Waals surface area contributed by atoms with Crippen LogP contribution in [0.2, 0.25) is 15.1 Å². The molecule has 0 bridgehead atoms. The van der Waals surface area contributed by atoms with Gasteiger partial charge in [-0.1, -0.05) is 48.7 Å². The summed E-state index contributed by atoms with van der Waals surface area (Å²) in [5.74, 6) is 0. The van der Waals surface area contributed by atoms with E-state index in [4.69, 9.17) is 34.8 Å². The first-order valence-corrected chi connectivity index (χ1v) is 8.56. The number of halogens is 3. The lowest BCUT2D eigenvalue weighted by Crippen LogP contribution is -2.33. The first kappa shape index (κ1) is 17.1. The highest BCUT2D eigenvalue weighted by Gasteiger charge is 2.28. The van der Waals surface area contributed by atoms with Crippen molar-refractivity contribution in [2.45, 2.75) is 31.6 Å². The maximum absolute atomic E-state index is 12.6. The van der Waals surface area contributed by atoms with E-state index >= 15 is 0 Å². The van der Waals surface area contributed by atoms with Gasteiger partial charge in [0.2, 0.25) is 10.0 Å². The molecule has 1 rings (SSSR count). The smallest absolute Gasteiger partial charge is 0.207 e. The second-order valence-electron chi connectivity index (χ2n) is 4.10. The van der Waals surface area contributed by atoms with Crippen molar-refractivity contribution in [3.63, 3.8) is 0 Å². The number of nitrogens with zero attached hydrogens (tertiary/aromatic N) is 1. The van der Waals surface area contributed by atoms with Gasteiger partial charge >= 0.3 is 0 Å². The zero-order chi connectivity index (χ0) is 14.6. The number of benzene rings is 1. The molecule has 0 aromatic heterocycles. The molecule has 0 N–H and O–H groups in total.